The van der Waals surface area contributed by atoms with Crippen LogP contribution < -0.4 is 5.32 Å². The highest BCUT2D eigenvalue weighted by Crippen LogP contribution is 2.33. The number of rotatable bonds is 4. The predicted molar refractivity (Wildman–Crippen MR) is 65.7 cm³/mol. The SMILES string of the molecule is Fc1cc(F)c(Nc2ccccc2SC(F)F)nc1F. The summed E-state index contributed by atoms with van der Waals surface area (Å²) in [7, 11) is 0. The third kappa shape index (κ3) is 3.38. The number of thioether (sulfide) groups is 1. The first kappa shape index (κ1) is 14.6. The molecule has 106 valence electrons. The fourth-order valence-corrected chi connectivity index (χ4v) is 2.02. The van der Waals surface area contributed by atoms with E-state index >= 15 is 0 Å². The van der Waals surface area contributed by atoms with Crippen LogP contribution in [0.4, 0.5) is 33.5 Å². The standard InChI is InChI=1S/C12H7F5N2S/c13-6-5-7(14)11(19-10(6)15)18-8-3-1-2-4-9(8)20-12(16)17/h1-5,12H,(H,18,19). The number of hydrogen-bond donors (Lipinski definition) is 1. The lowest BCUT2D eigenvalue weighted by Crippen LogP contribution is -2.02. The molecule has 2 nitrogen and oxygen atoms in total. The normalized spacial score (nSPS) is 10.9. The third-order valence-electron chi connectivity index (χ3n) is 2.24. The fourth-order valence-electron chi connectivity index (χ4n) is 1.43. The van der Waals surface area contributed by atoms with Crippen LogP contribution in [0.5, 0.6) is 0 Å². The van der Waals surface area contributed by atoms with Crippen LogP contribution in [0.2, 0.25) is 0 Å². The number of pyridine rings is 1. The van der Waals surface area contributed by atoms with Gasteiger partial charge in [0.05, 0.1) is 5.69 Å². The van der Waals surface area contributed by atoms with Crippen molar-refractivity contribution in [3.63, 3.8) is 0 Å². The van der Waals surface area contributed by atoms with Gasteiger partial charge in [0.1, 0.15) is 0 Å². The lowest BCUT2D eigenvalue weighted by Gasteiger charge is -2.11. The highest BCUT2D eigenvalue weighted by Gasteiger charge is 2.14. The Balaban J connectivity index is 2.33. The third-order valence-corrected chi connectivity index (χ3v) is 3.03. The van der Waals surface area contributed by atoms with Gasteiger partial charge in [-0.05, 0) is 12.1 Å². The summed E-state index contributed by atoms with van der Waals surface area (Å²) in [4.78, 5) is 3.20. The monoisotopic (exact) mass is 306 g/mol. The lowest BCUT2D eigenvalue weighted by molar-refractivity contribution is 0.252. The summed E-state index contributed by atoms with van der Waals surface area (Å²) in [5, 5.41) is 2.37. The summed E-state index contributed by atoms with van der Waals surface area (Å²) in [5.74, 6) is -7.27. The van der Waals surface area contributed by atoms with Crippen molar-refractivity contribution in [1.29, 1.82) is 0 Å². The molecule has 0 saturated heterocycles. The van der Waals surface area contributed by atoms with E-state index in [-0.39, 0.29) is 22.3 Å². The first-order valence-corrected chi connectivity index (χ1v) is 6.17. The van der Waals surface area contributed by atoms with Crippen molar-refractivity contribution < 1.29 is 22.0 Å². The van der Waals surface area contributed by atoms with Crippen LogP contribution in [0, 0.1) is 17.6 Å². The predicted octanol–water partition coefficient (Wildman–Crippen LogP) is 4.56. The van der Waals surface area contributed by atoms with Crippen LogP contribution in [0.1, 0.15) is 0 Å². The van der Waals surface area contributed by atoms with Crippen molar-refractivity contribution in [2.45, 2.75) is 10.7 Å². The Morgan fingerprint density at radius 2 is 1.75 bits per heavy atom. The van der Waals surface area contributed by atoms with Crippen LogP contribution in [0.25, 0.3) is 0 Å². The van der Waals surface area contributed by atoms with E-state index in [1.54, 1.807) is 0 Å². The van der Waals surface area contributed by atoms with Gasteiger partial charge in [-0.15, -0.1) is 0 Å². The van der Waals surface area contributed by atoms with Gasteiger partial charge in [-0.25, -0.2) is 8.78 Å². The summed E-state index contributed by atoms with van der Waals surface area (Å²) in [6, 6.07) is 6.15. The number of alkyl halides is 2. The molecular weight excluding hydrogens is 299 g/mol. The van der Waals surface area contributed by atoms with Crippen molar-refractivity contribution in [2.24, 2.45) is 0 Å². The van der Waals surface area contributed by atoms with Crippen molar-refractivity contribution >= 4 is 23.3 Å². The van der Waals surface area contributed by atoms with Gasteiger partial charge >= 0.3 is 0 Å². The van der Waals surface area contributed by atoms with Crippen molar-refractivity contribution in [3.8, 4) is 0 Å². The van der Waals surface area contributed by atoms with E-state index in [9.17, 15) is 22.0 Å². The molecule has 2 aromatic rings. The zero-order valence-electron chi connectivity index (χ0n) is 9.71. The van der Waals surface area contributed by atoms with Crippen LogP contribution in [0.15, 0.2) is 35.2 Å². The molecule has 0 radical (unpaired) electrons. The van der Waals surface area contributed by atoms with Gasteiger partial charge in [0.25, 0.3) is 11.7 Å². The number of para-hydroxylation sites is 1. The van der Waals surface area contributed by atoms with Gasteiger partial charge in [-0.3, -0.25) is 0 Å². The molecular formula is C12H7F5N2S. The van der Waals surface area contributed by atoms with Gasteiger partial charge in [0, 0.05) is 11.0 Å². The van der Waals surface area contributed by atoms with E-state index in [1.165, 1.54) is 24.3 Å². The molecule has 1 N–H and O–H groups in total. The van der Waals surface area contributed by atoms with Crippen molar-refractivity contribution in [3.05, 3.63) is 47.9 Å². The van der Waals surface area contributed by atoms with Crippen LogP contribution >= 0.6 is 11.8 Å². The molecule has 1 heterocycles. The smallest absolute Gasteiger partial charge is 0.288 e. The van der Waals surface area contributed by atoms with Gasteiger partial charge in [0.2, 0.25) is 0 Å². The number of anilines is 2. The molecule has 0 amide bonds. The minimum atomic E-state index is -2.67. The Bertz CT molecular complexity index is 621. The molecule has 0 bridgehead atoms. The van der Waals surface area contributed by atoms with E-state index in [0.29, 0.717) is 6.07 Å². The lowest BCUT2D eigenvalue weighted by atomic mass is 10.3. The summed E-state index contributed by atoms with van der Waals surface area (Å²) in [6.45, 7) is 0. The Kier molecular flexibility index (Phi) is 4.43. The summed E-state index contributed by atoms with van der Waals surface area (Å²) in [6.07, 6.45) is 0. The number of hydrogen-bond acceptors (Lipinski definition) is 3. The Labute approximate surface area is 115 Å². The molecule has 0 aliphatic carbocycles. The average molecular weight is 306 g/mol. The highest BCUT2D eigenvalue weighted by atomic mass is 32.2. The Morgan fingerprint density at radius 3 is 2.45 bits per heavy atom. The number of nitrogens with one attached hydrogen (secondary N) is 1. The summed E-state index contributed by atoms with van der Waals surface area (Å²) in [5.41, 5.74) is 0.121. The maximum absolute atomic E-state index is 13.4. The first-order chi connectivity index (χ1) is 9.47. The number of halogens is 5. The quantitative estimate of drug-likeness (QED) is 0.509. The van der Waals surface area contributed by atoms with E-state index in [1.807, 2.05) is 0 Å². The molecule has 1 aromatic heterocycles. The topological polar surface area (TPSA) is 24.9 Å². The largest absolute Gasteiger partial charge is 0.337 e. The molecule has 0 fully saturated rings. The van der Waals surface area contributed by atoms with Crippen molar-refractivity contribution in [1.82, 2.24) is 4.98 Å². The number of benzene rings is 1. The van der Waals surface area contributed by atoms with Crippen LogP contribution in [-0.2, 0) is 0 Å². The second kappa shape index (κ2) is 6.08. The van der Waals surface area contributed by atoms with E-state index < -0.39 is 29.2 Å². The van der Waals surface area contributed by atoms with Gasteiger partial charge in [0.15, 0.2) is 17.5 Å². The Hall–Kier alpha value is -1.83. The maximum atomic E-state index is 13.4. The zero-order chi connectivity index (χ0) is 14.7. The summed E-state index contributed by atoms with van der Waals surface area (Å²) < 4.78 is 63.9. The highest BCUT2D eigenvalue weighted by molar-refractivity contribution is 7.99. The van der Waals surface area contributed by atoms with Crippen LogP contribution in [-0.4, -0.2) is 10.7 Å². The van der Waals surface area contributed by atoms with E-state index in [4.69, 9.17) is 0 Å². The number of aromatic nitrogens is 1. The molecule has 1 aromatic carbocycles. The first-order valence-electron chi connectivity index (χ1n) is 5.30. The number of nitrogens with zero attached hydrogens (tertiary/aromatic N) is 1. The molecule has 8 heteroatoms. The van der Waals surface area contributed by atoms with E-state index in [2.05, 4.69) is 10.3 Å². The second-order valence-corrected chi connectivity index (χ2v) is 4.62. The zero-order valence-corrected chi connectivity index (χ0v) is 10.5. The van der Waals surface area contributed by atoms with E-state index in [0.717, 1.165) is 0 Å². The molecule has 2 rings (SSSR count). The second-order valence-electron chi connectivity index (χ2n) is 3.59. The fraction of sp³-hybridized carbons (Fsp3) is 0.0833. The Morgan fingerprint density at radius 1 is 1.05 bits per heavy atom. The molecule has 0 atom stereocenters. The minimum Gasteiger partial charge on any atom is -0.337 e. The molecule has 0 saturated carbocycles. The minimum absolute atomic E-state index is 0.121. The summed E-state index contributed by atoms with van der Waals surface area (Å²) >= 11 is 0.244. The molecule has 20 heavy (non-hydrogen) atoms. The molecule has 0 unspecified atom stereocenters. The average Bonchev–Trinajstić information content (AvgIpc) is 2.37. The maximum Gasteiger partial charge on any atom is 0.288 e. The van der Waals surface area contributed by atoms with Crippen molar-refractivity contribution in [2.75, 3.05) is 5.32 Å². The van der Waals surface area contributed by atoms with Gasteiger partial charge in [-0.2, -0.15) is 18.2 Å². The molecule has 0 aliphatic heterocycles. The molecule has 0 spiro atoms. The van der Waals surface area contributed by atoms with Crippen LogP contribution in [0.3, 0.4) is 0 Å². The van der Waals surface area contributed by atoms with Gasteiger partial charge < -0.3 is 5.32 Å². The molecule has 0 aliphatic rings. The van der Waals surface area contributed by atoms with Gasteiger partial charge in [-0.1, -0.05) is 23.9 Å².